The monoisotopic (exact) mass is 932 g/mol. The van der Waals surface area contributed by atoms with Crippen LogP contribution < -0.4 is 0 Å². The summed E-state index contributed by atoms with van der Waals surface area (Å²) < 4.78 is 2.47. The third-order valence-corrected chi connectivity index (χ3v) is 13.5. The molecule has 10 aromatic carbocycles. The molecule has 0 N–H and O–H groups in total. The van der Waals surface area contributed by atoms with E-state index in [1.54, 1.807) is 0 Å². The van der Waals surface area contributed by atoms with E-state index in [-0.39, 0.29) is 0 Å². The van der Waals surface area contributed by atoms with Gasteiger partial charge < -0.3 is 4.57 Å². The summed E-state index contributed by atoms with van der Waals surface area (Å²) in [6.07, 6.45) is 7.94. The molecule has 12 aromatic rings. The lowest BCUT2D eigenvalue weighted by Gasteiger charge is -2.21. The van der Waals surface area contributed by atoms with Crippen molar-refractivity contribution in [1.82, 2.24) is 19.5 Å². The number of hydrogen-bond acceptors (Lipinski definition) is 3. The van der Waals surface area contributed by atoms with Crippen molar-refractivity contribution in [1.29, 1.82) is 0 Å². The lowest BCUT2D eigenvalue weighted by Crippen LogP contribution is -2.05. The first-order valence-corrected chi connectivity index (χ1v) is 24.6. The fourth-order valence-corrected chi connectivity index (χ4v) is 9.83. The van der Waals surface area contributed by atoms with Gasteiger partial charge in [0, 0.05) is 38.6 Å². The first-order chi connectivity index (χ1) is 36.1. The average molecular weight is 933 g/mol. The maximum absolute atomic E-state index is 5.35. The Kier molecular flexibility index (Phi) is 12.1. The third-order valence-electron chi connectivity index (χ3n) is 13.5. The molecular weight excluding hydrogens is 885 g/mol. The molecule has 0 aliphatic rings. The van der Waals surface area contributed by atoms with Crippen LogP contribution in [0, 0.1) is 0 Å². The molecule has 0 saturated carbocycles. The SMILES string of the molecule is C=C/C(=C\C=C\c1ccccc1)c1nc(-c2ccc(-c3ccccc3)cc2)nc(-c2cc(-c3ccccc3)c(-n3c4ccc(-c5ccccc5)cc4c4cc(-c5ccccc5)ccc43)c(-c3ccccc3)c2)n1. The summed E-state index contributed by atoms with van der Waals surface area (Å²) in [6, 6.07) is 90.1. The molecule has 12 rings (SSSR count). The minimum Gasteiger partial charge on any atom is -0.308 e. The fraction of sp³-hybridized carbons (Fsp3) is 0. The molecule has 73 heavy (non-hydrogen) atoms. The molecule has 0 aliphatic heterocycles. The van der Waals surface area contributed by atoms with Crippen LogP contribution in [0.2, 0.25) is 0 Å². The first kappa shape index (κ1) is 44.4. The molecule has 344 valence electrons. The van der Waals surface area contributed by atoms with Crippen molar-refractivity contribution >= 4 is 33.5 Å². The van der Waals surface area contributed by atoms with Gasteiger partial charge in [-0.3, -0.25) is 0 Å². The van der Waals surface area contributed by atoms with Gasteiger partial charge in [0.2, 0.25) is 0 Å². The van der Waals surface area contributed by atoms with Gasteiger partial charge in [0.25, 0.3) is 0 Å². The summed E-state index contributed by atoms with van der Waals surface area (Å²) in [7, 11) is 0. The van der Waals surface area contributed by atoms with Crippen LogP contribution in [-0.4, -0.2) is 19.5 Å². The van der Waals surface area contributed by atoms with Gasteiger partial charge in [-0.15, -0.1) is 0 Å². The first-order valence-electron chi connectivity index (χ1n) is 24.6. The smallest absolute Gasteiger partial charge is 0.164 e. The van der Waals surface area contributed by atoms with Crippen LogP contribution in [0.3, 0.4) is 0 Å². The van der Waals surface area contributed by atoms with Crippen LogP contribution in [0.1, 0.15) is 11.4 Å². The van der Waals surface area contributed by atoms with Gasteiger partial charge in [0.15, 0.2) is 17.5 Å². The number of fused-ring (bicyclic) bond motifs is 3. The Balaban J connectivity index is 1.12. The van der Waals surface area contributed by atoms with Crippen molar-refractivity contribution < 1.29 is 0 Å². The molecule has 4 heteroatoms. The van der Waals surface area contributed by atoms with Gasteiger partial charge in [-0.05, 0) is 86.5 Å². The van der Waals surface area contributed by atoms with Crippen LogP contribution in [-0.2, 0) is 0 Å². The molecule has 4 nitrogen and oxygen atoms in total. The molecule has 2 aromatic heterocycles. The second-order valence-corrected chi connectivity index (χ2v) is 18.0. The normalized spacial score (nSPS) is 11.6. The van der Waals surface area contributed by atoms with E-state index >= 15 is 0 Å². The maximum Gasteiger partial charge on any atom is 0.164 e. The van der Waals surface area contributed by atoms with Gasteiger partial charge in [-0.25, -0.2) is 15.0 Å². The topological polar surface area (TPSA) is 43.6 Å². The number of hydrogen-bond donors (Lipinski definition) is 0. The molecule has 0 radical (unpaired) electrons. The molecule has 0 saturated heterocycles. The fourth-order valence-electron chi connectivity index (χ4n) is 9.83. The van der Waals surface area contributed by atoms with Crippen molar-refractivity contribution in [2.75, 3.05) is 0 Å². The van der Waals surface area contributed by atoms with Gasteiger partial charge in [-0.1, -0.05) is 249 Å². The van der Waals surface area contributed by atoms with E-state index < -0.39 is 0 Å². The van der Waals surface area contributed by atoms with E-state index in [0.717, 1.165) is 72.4 Å². The van der Waals surface area contributed by atoms with E-state index in [0.29, 0.717) is 17.5 Å². The van der Waals surface area contributed by atoms with Gasteiger partial charge in [0.1, 0.15) is 0 Å². The third kappa shape index (κ3) is 9.02. The van der Waals surface area contributed by atoms with Crippen molar-refractivity contribution in [3.63, 3.8) is 0 Å². The van der Waals surface area contributed by atoms with Crippen LogP contribution in [0.5, 0.6) is 0 Å². The highest BCUT2D eigenvalue weighted by atomic mass is 15.0. The van der Waals surface area contributed by atoms with Crippen molar-refractivity contribution in [2.45, 2.75) is 0 Å². The summed E-state index contributed by atoms with van der Waals surface area (Å²) >= 11 is 0. The van der Waals surface area contributed by atoms with E-state index in [1.807, 2.05) is 42.5 Å². The Labute approximate surface area is 426 Å². The zero-order valence-corrected chi connectivity index (χ0v) is 40.1. The van der Waals surface area contributed by atoms with Gasteiger partial charge >= 0.3 is 0 Å². The Hall–Kier alpha value is -9.77. The second kappa shape index (κ2) is 19.9. The van der Waals surface area contributed by atoms with Crippen LogP contribution in [0.4, 0.5) is 0 Å². The highest BCUT2D eigenvalue weighted by Gasteiger charge is 2.24. The summed E-state index contributed by atoms with van der Waals surface area (Å²) in [5.74, 6) is 1.64. The quantitative estimate of drug-likeness (QED) is 0.115. The lowest BCUT2D eigenvalue weighted by molar-refractivity contribution is 1.04. The molecule has 0 fully saturated rings. The molecule has 0 unspecified atom stereocenters. The Bertz CT molecular complexity index is 3820. The molecule has 0 bridgehead atoms. The maximum atomic E-state index is 5.35. The van der Waals surface area contributed by atoms with E-state index in [1.165, 1.54) is 33.0 Å². The van der Waals surface area contributed by atoms with Gasteiger partial charge in [-0.2, -0.15) is 0 Å². The summed E-state index contributed by atoms with van der Waals surface area (Å²) in [5.41, 5.74) is 18.0. The minimum atomic E-state index is 0.525. The summed E-state index contributed by atoms with van der Waals surface area (Å²) in [4.78, 5) is 15.9. The standard InChI is InChI=1S/C69H48N4/c1-2-49(35-21-24-48-22-9-3-10-23-48)67-70-68(56-38-36-53(37-39-56)50-25-11-4-12-26-50)72-69(71-67)59-46-60(54-31-17-7-18-32-54)66(61(47-59)55-33-19-8-20-34-55)73-64-42-40-57(51-27-13-5-14-28-51)44-62(64)63-45-58(41-43-65(63)73)52-29-15-6-16-30-52/h2-47H,1H2/b24-21+,49-35+. The zero-order chi connectivity index (χ0) is 48.9. The van der Waals surface area contributed by atoms with Crippen molar-refractivity contribution in [3.05, 3.63) is 291 Å². The largest absolute Gasteiger partial charge is 0.308 e. The average Bonchev–Trinajstić information content (AvgIpc) is 3.80. The number of aromatic nitrogens is 4. The lowest BCUT2D eigenvalue weighted by atomic mass is 9.92. The zero-order valence-electron chi connectivity index (χ0n) is 40.1. The molecule has 0 aliphatic carbocycles. The Morgan fingerprint density at radius 1 is 0.356 bits per heavy atom. The predicted octanol–water partition coefficient (Wildman–Crippen LogP) is 17.9. The van der Waals surface area contributed by atoms with Crippen LogP contribution >= 0.6 is 0 Å². The number of allylic oxidation sites excluding steroid dienone is 4. The van der Waals surface area contributed by atoms with Gasteiger partial charge in [0.05, 0.1) is 16.7 Å². The van der Waals surface area contributed by atoms with Crippen LogP contribution in [0.25, 0.3) is 118 Å². The van der Waals surface area contributed by atoms with E-state index in [9.17, 15) is 0 Å². The van der Waals surface area contributed by atoms with Crippen LogP contribution in [0.15, 0.2) is 280 Å². The minimum absolute atomic E-state index is 0.525. The molecule has 2 heterocycles. The molecule has 0 amide bonds. The number of benzene rings is 10. The van der Waals surface area contributed by atoms with Crippen molar-refractivity contribution in [2.24, 2.45) is 0 Å². The molecular formula is C69H48N4. The summed E-state index contributed by atoms with van der Waals surface area (Å²) in [6.45, 7) is 4.25. The number of nitrogens with zero attached hydrogens (tertiary/aromatic N) is 4. The highest BCUT2D eigenvalue weighted by molar-refractivity contribution is 6.13. The highest BCUT2D eigenvalue weighted by Crippen LogP contribution is 2.45. The predicted molar refractivity (Wildman–Crippen MR) is 306 cm³/mol. The molecule has 0 atom stereocenters. The number of rotatable bonds is 12. The van der Waals surface area contributed by atoms with Crippen molar-refractivity contribution in [3.8, 4) is 84.1 Å². The van der Waals surface area contributed by atoms with E-state index in [2.05, 4.69) is 248 Å². The molecule has 0 spiro atoms. The Morgan fingerprint density at radius 3 is 1.21 bits per heavy atom. The Morgan fingerprint density at radius 2 is 0.740 bits per heavy atom. The summed E-state index contributed by atoms with van der Waals surface area (Å²) in [5, 5.41) is 2.35. The van der Waals surface area contributed by atoms with E-state index in [4.69, 9.17) is 15.0 Å². The second-order valence-electron chi connectivity index (χ2n) is 18.0.